The first-order valence-electron chi connectivity index (χ1n) is 4.68. The molecule has 0 radical (unpaired) electrons. The fraction of sp³-hybridized carbons (Fsp3) is 0.364. The molecular weight excluding hydrogens is 196 g/mol. The Labute approximate surface area is 87.4 Å². The number of benzene rings is 1. The Kier molecular flexibility index (Phi) is 2.36. The van der Waals surface area contributed by atoms with Gasteiger partial charge in [0.2, 0.25) is 6.29 Å². The lowest BCUT2D eigenvalue weighted by atomic mass is 10.0. The maximum atomic E-state index is 11.3. The lowest BCUT2D eigenvalue weighted by Gasteiger charge is -2.05. The molecule has 1 heterocycles. The van der Waals surface area contributed by atoms with Gasteiger partial charge in [-0.1, -0.05) is 0 Å². The summed E-state index contributed by atoms with van der Waals surface area (Å²) in [5.41, 5.74) is 2.34. The number of ether oxygens (including phenoxy) is 2. The predicted octanol–water partition coefficient (Wildman–Crippen LogP) is 1.03. The Morgan fingerprint density at radius 2 is 2.33 bits per heavy atom. The Balaban J connectivity index is 2.44. The van der Waals surface area contributed by atoms with Crippen LogP contribution in [0.4, 0.5) is 0 Å². The second-order valence-electron chi connectivity index (χ2n) is 3.54. The third-order valence-corrected chi connectivity index (χ3v) is 2.49. The summed E-state index contributed by atoms with van der Waals surface area (Å²) in [7, 11) is 1.33. The molecule has 4 heteroatoms. The van der Waals surface area contributed by atoms with E-state index in [0.717, 1.165) is 11.1 Å². The highest BCUT2D eigenvalue weighted by atomic mass is 16.6. The second kappa shape index (κ2) is 3.55. The van der Waals surface area contributed by atoms with E-state index in [2.05, 4.69) is 4.74 Å². The number of aliphatic hydroxyl groups is 1. The van der Waals surface area contributed by atoms with Crippen LogP contribution in [-0.4, -0.2) is 24.5 Å². The van der Waals surface area contributed by atoms with Crippen molar-refractivity contribution in [2.75, 3.05) is 7.11 Å². The quantitative estimate of drug-likeness (QED) is 0.700. The molecule has 0 saturated heterocycles. The zero-order chi connectivity index (χ0) is 11.0. The van der Waals surface area contributed by atoms with Crippen LogP contribution >= 0.6 is 0 Å². The number of aliphatic hydroxyl groups excluding tert-OH is 1. The van der Waals surface area contributed by atoms with E-state index in [9.17, 15) is 9.90 Å². The first-order valence-corrected chi connectivity index (χ1v) is 4.68. The Morgan fingerprint density at radius 3 is 3.00 bits per heavy atom. The number of carbonyl (C=O) groups excluding carboxylic acids is 1. The summed E-state index contributed by atoms with van der Waals surface area (Å²) >= 11 is 0. The molecule has 15 heavy (non-hydrogen) atoms. The van der Waals surface area contributed by atoms with E-state index in [1.54, 1.807) is 12.1 Å². The SMILES string of the molecule is COC(=O)c1cc(C)c2c(c1)OC(O)C2. The number of rotatable bonds is 1. The van der Waals surface area contributed by atoms with E-state index < -0.39 is 12.3 Å². The molecule has 1 atom stereocenters. The Morgan fingerprint density at radius 1 is 1.60 bits per heavy atom. The summed E-state index contributed by atoms with van der Waals surface area (Å²) in [6.45, 7) is 1.88. The molecule has 0 aliphatic carbocycles. The van der Waals surface area contributed by atoms with Gasteiger partial charge in [0.15, 0.2) is 0 Å². The molecule has 0 amide bonds. The minimum Gasteiger partial charge on any atom is -0.465 e. The molecule has 2 rings (SSSR count). The van der Waals surface area contributed by atoms with Crippen molar-refractivity contribution in [2.45, 2.75) is 19.6 Å². The van der Waals surface area contributed by atoms with Gasteiger partial charge < -0.3 is 14.6 Å². The lowest BCUT2D eigenvalue weighted by Crippen LogP contribution is -2.10. The number of hydrogen-bond acceptors (Lipinski definition) is 4. The van der Waals surface area contributed by atoms with E-state index in [0.29, 0.717) is 17.7 Å². The summed E-state index contributed by atoms with van der Waals surface area (Å²) in [4.78, 5) is 11.3. The minimum atomic E-state index is -0.799. The van der Waals surface area contributed by atoms with Crippen LogP contribution in [0.2, 0.25) is 0 Å². The van der Waals surface area contributed by atoms with Crippen LogP contribution in [0.25, 0.3) is 0 Å². The third-order valence-electron chi connectivity index (χ3n) is 2.49. The molecule has 1 aliphatic rings. The van der Waals surface area contributed by atoms with Gasteiger partial charge in [-0.3, -0.25) is 0 Å². The van der Waals surface area contributed by atoms with E-state index >= 15 is 0 Å². The number of methoxy groups -OCH3 is 1. The molecule has 0 saturated carbocycles. The normalized spacial score (nSPS) is 18.2. The van der Waals surface area contributed by atoms with Crippen LogP contribution < -0.4 is 4.74 Å². The van der Waals surface area contributed by atoms with Gasteiger partial charge in [0.05, 0.1) is 12.7 Å². The molecule has 0 spiro atoms. The number of carbonyl (C=O) groups is 1. The summed E-state index contributed by atoms with van der Waals surface area (Å²) in [5, 5.41) is 9.32. The van der Waals surface area contributed by atoms with Gasteiger partial charge in [-0.05, 0) is 24.6 Å². The van der Waals surface area contributed by atoms with Crippen LogP contribution in [0.1, 0.15) is 21.5 Å². The molecule has 1 unspecified atom stereocenters. The molecule has 0 fully saturated rings. The van der Waals surface area contributed by atoms with Crippen LogP contribution in [0.3, 0.4) is 0 Å². The first kappa shape index (κ1) is 9.98. The van der Waals surface area contributed by atoms with Crippen molar-refractivity contribution in [3.05, 3.63) is 28.8 Å². The summed E-state index contributed by atoms with van der Waals surface area (Å²) in [6.07, 6.45) is -0.325. The molecule has 80 valence electrons. The van der Waals surface area contributed by atoms with Gasteiger partial charge in [-0.25, -0.2) is 4.79 Å². The van der Waals surface area contributed by atoms with E-state index in [-0.39, 0.29) is 0 Å². The zero-order valence-corrected chi connectivity index (χ0v) is 8.61. The van der Waals surface area contributed by atoms with Gasteiger partial charge in [0, 0.05) is 12.0 Å². The molecule has 1 aromatic carbocycles. The van der Waals surface area contributed by atoms with E-state index in [1.807, 2.05) is 6.92 Å². The Bertz CT molecular complexity index is 411. The summed E-state index contributed by atoms with van der Waals surface area (Å²) < 4.78 is 9.79. The molecule has 1 aliphatic heterocycles. The highest BCUT2D eigenvalue weighted by molar-refractivity contribution is 5.90. The number of hydrogen-bond donors (Lipinski definition) is 1. The van der Waals surface area contributed by atoms with Crippen molar-refractivity contribution >= 4 is 5.97 Å². The van der Waals surface area contributed by atoms with Crippen molar-refractivity contribution in [3.63, 3.8) is 0 Å². The number of esters is 1. The fourth-order valence-corrected chi connectivity index (χ4v) is 1.75. The van der Waals surface area contributed by atoms with Gasteiger partial charge >= 0.3 is 5.97 Å². The Hall–Kier alpha value is -1.55. The van der Waals surface area contributed by atoms with Gasteiger partial charge in [-0.2, -0.15) is 0 Å². The number of aryl methyl sites for hydroxylation is 1. The van der Waals surface area contributed by atoms with Crippen molar-refractivity contribution in [1.29, 1.82) is 0 Å². The molecule has 1 N–H and O–H groups in total. The molecule has 1 aromatic rings. The van der Waals surface area contributed by atoms with Gasteiger partial charge in [0.1, 0.15) is 5.75 Å². The third kappa shape index (κ3) is 1.68. The predicted molar refractivity (Wildman–Crippen MR) is 52.9 cm³/mol. The largest absolute Gasteiger partial charge is 0.465 e. The van der Waals surface area contributed by atoms with Crippen LogP contribution in [0, 0.1) is 6.92 Å². The summed E-state index contributed by atoms with van der Waals surface area (Å²) in [6, 6.07) is 3.34. The van der Waals surface area contributed by atoms with Crippen molar-refractivity contribution in [3.8, 4) is 5.75 Å². The maximum absolute atomic E-state index is 11.3. The van der Waals surface area contributed by atoms with Crippen molar-refractivity contribution < 1.29 is 19.4 Å². The van der Waals surface area contributed by atoms with Crippen molar-refractivity contribution in [1.82, 2.24) is 0 Å². The summed E-state index contributed by atoms with van der Waals surface area (Å²) in [5.74, 6) is 0.175. The smallest absolute Gasteiger partial charge is 0.337 e. The highest BCUT2D eigenvalue weighted by Gasteiger charge is 2.24. The van der Waals surface area contributed by atoms with Crippen LogP contribution in [-0.2, 0) is 11.2 Å². The van der Waals surface area contributed by atoms with Crippen LogP contribution in [0.15, 0.2) is 12.1 Å². The van der Waals surface area contributed by atoms with E-state index in [4.69, 9.17) is 4.74 Å². The zero-order valence-electron chi connectivity index (χ0n) is 8.61. The van der Waals surface area contributed by atoms with Crippen molar-refractivity contribution in [2.24, 2.45) is 0 Å². The highest BCUT2D eigenvalue weighted by Crippen LogP contribution is 2.32. The molecule has 4 nitrogen and oxygen atoms in total. The average molecular weight is 208 g/mol. The molecule has 0 bridgehead atoms. The van der Waals surface area contributed by atoms with Gasteiger partial charge in [-0.15, -0.1) is 0 Å². The minimum absolute atomic E-state index is 0.397. The standard InChI is InChI=1S/C11H12O4/c1-6-3-7(11(13)14-2)4-9-8(6)5-10(12)15-9/h3-4,10,12H,5H2,1-2H3. The first-order chi connectivity index (χ1) is 7.11. The van der Waals surface area contributed by atoms with Gasteiger partial charge in [0.25, 0.3) is 0 Å². The second-order valence-corrected chi connectivity index (χ2v) is 3.54. The van der Waals surface area contributed by atoms with E-state index in [1.165, 1.54) is 7.11 Å². The van der Waals surface area contributed by atoms with Crippen LogP contribution in [0.5, 0.6) is 5.75 Å². The molecular formula is C11H12O4. The monoisotopic (exact) mass is 208 g/mol. The average Bonchev–Trinajstić information content (AvgIpc) is 2.58. The number of fused-ring (bicyclic) bond motifs is 1. The lowest BCUT2D eigenvalue weighted by molar-refractivity contribution is 0.00202. The topological polar surface area (TPSA) is 55.8 Å². The molecule has 0 aromatic heterocycles. The fourth-order valence-electron chi connectivity index (χ4n) is 1.75. The maximum Gasteiger partial charge on any atom is 0.337 e.